The van der Waals surface area contributed by atoms with Crippen molar-refractivity contribution in [3.8, 4) is 0 Å². The van der Waals surface area contributed by atoms with Gasteiger partial charge >= 0.3 is 11.9 Å². The molecule has 3 fully saturated rings. The summed E-state index contributed by atoms with van der Waals surface area (Å²) in [5, 5.41) is 0. The van der Waals surface area contributed by atoms with Crippen LogP contribution in [0.15, 0.2) is 0 Å². The SMILES string of the molecule is CCOC1C2OC(=O)C3C2OC1C3C(=O)OC. The summed E-state index contributed by atoms with van der Waals surface area (Å²) >= 11 is 0. The third kappa shape index (κ3) is 1.28. The number of carbonyl (C=O) groups excluding carboxylic acids is 2. The van der Waals surface area contributed by atoms with Crippen LogP contribution in [0.4, 0.5) is 0 Å². The van der Waals surface area contributed by atoms with E-state index in [1.54, 1.807) is 0 Å². The first-order chi connectivity index (χ1) is 8.19. The maximum Gasteiger partial charge on any atom is 0.313 e. The number of hydrogen-bond acceptors (Lipinski definition) is 6. The van der Waals surface area contributed by atoms with Crippen molar-refractivity contribution in [2.24, 2.45) is 11.8 Å². The predicted octanol–water partition coefficient (Wildman–Crippen LogP) is -0.497. The highest BCUT2D eigenvalue weighted by Gasteiger charge is 2.71. The average Bonchev–Trinajstić information content (AvgIpc) is 2.91. The predicted molar refractivity (Wildman–Crippen MR) is 53.0 cm³/mol. The lowest BCUT2D eigenvalue weighted by Gasteiger charge is -2.26. The molecule has 2 bridgehead atoms. The molecule has 0 amide bonds. The summed E-state index contributed by atoms with van der Waals surface area (Å²) in [6.07, 6.45) is -1.49. The molecule has 0 radical (unpaired) electrons. The van der Waals surface area contributed by atoms with Crippen LogP contribution in [0, 0.1) is 11.8 Å². The van der Waals surface area contributed by atoms with Gasteiger partial charge in [-0.3, -0.25) is 9.59 Å². The molecule has 17 heavy (non-hydrogen) atoms. The summed E-state index contributed by atoms with van der Waals surface area (Å²) in [6.45, 7) is 2.34. The van der Waals surface area contributed by atoms with E-state index in [-0.39, 0.29) is 24.3 Å². The third-order valence-corrected chi connectivity index (χ3v) is 3.74. The Hall–Kier alpha value is -1.14. The Morgan fingerprint density at radius 1 is 1.35 bits per heavy atom. The van der Waals surface area contributed by atoms with Gasteiger partial charge in [0.05, 0.1) is 7.11 Å². The van der Waals surface area contributed by atoms with Crippen molar-refractivity contribution in [3.05, 3.63) is 0 Å². The van der Waals surface area contributed by atoms with Crippen LogP contribution in [-0.2, 0) is 28.5 Å². The number of ether oxygens (including phenoxy) is 4. The van der Waals surface area contributed by atoms with Gasteiger partial charge in [0.1, 0.15) is 30.1 Å². The Balaban J connectivity index is 1.92. The van der Waals surface area contributed by atoms with E-state index in [4.69, 9.17) is 18.9 Å². The number of methoxy groups -OCH3 is 1. The highest BCUT2D eigenvalue weighted by Crippen LogP contribution is 2.51. The van der Waals surface area contributed by atoms with Crippen LogP contribution in [-0.4, -0.2) is 50.1 Å². The van der Waals surface area contributed by atoms with Gasteiger partial charge in [0.25, 0.3) is 0 Å². The molecule has 0 spiro atoms. The van der Waals surface area contributed by atoms with Crippen molar-refractivity contribution in [2.75, 3.05) is 13.7 Å². The molecule has 94 valence electrons. The van der Waals surface area contributed by atoms with Crippen molar-refractivity contribution in [3.63, 3.8) is 0 Å². The summed E-state index contributed by atoms with van der Waals surface area (Å²) < 4.78 is 21.2. The molecule has 3 heterocycles. The topological polar surface area (TPSA) is 71.1 Å². The van der Waals surface area contributed by atoms with E-state index in [1.807, 2.05) is 6.92 Å². The zero-order chi connectivity index (χ0) is 12.2. The quantitative estimate of drug-likeness (QED) is 0.621. The minimum atomic E-state index is -0.590. The lowest BCUT2D eigenvalue weighted by molar-refractivity contribution is -0.153. The highest BCUT2D eigenvalue weighted by molar-refractivity contribution is 5.86. The smallest absolute Gasteiger partial charge is 0.313 e. The Labute approximate surface area is 98.1 Å². The van der Waals surface area contributed by atoms with Gasteiger partial charge in [-0.05, 0) is 6.92 Å². The second-order valence-corrected chi connectivity index (χ2v) is 4.46. The van der Waals surface area contributed by atoms with Gasteiger partial charge in [-0.15, -0.1) is 0 Å². The van der Waals surface area contributed by atoms with Crippen LogP contribution in [0.1, 0.15) is 6.92 Å². The van der Waals surface area contributed by atoms with Gasteiger partial charge in [-0.2, -0.15) is 0 Å². The summed E-state index contributed by atoms with van der Waals surface area (Å²) in [5.74, 6) is -1.91. The summed E-state index contributed by atoms with van der Waals surface area (Å²) in [5.41, 5.74) is 0. The fraction of sp³-hybridized carbons (Fsp3) is 0.818. The van der Waals surface area contributed by atoms with E-state index in [2.05, 4.69) is 0 Å². The van der Waals surface area contributed by atoms with E-state index in [0.717, 1.165) is 0 Å². The number of carbonyl (C=O) groups is 2. The van der Waals surface area contributed by atoms with Crippen LogP contribution in [0.3, 0.4) is 0 Å². The summed E-state index contributed by atoms with van der Waals surface area (Å²) in [6, 6.07) is 0. The van der Waals surface area contributed by atoms with Crippen LogP contribution < -0.4 is 0 Å². The standard InChI is InChI=1S/C11H14O6/c1-3-15-8-6-4(10(12)14-2)5-7(16-6)9(8)17-11(5)13/h4-9H,3H2,1-2H3. The van der Waals surface area contributed by atoms with E-state index < -0.39 is 23.9 Å². The normalized spacial score (nSPS) is 46.1. The molecule has 0 aromatic rings. The van der Waals surface area contributed by atoms with Gasteiger partial charge in [0.2, 0.25) is 0 Å². The van der Waals surface area contributed by atoms with Crippen molar-refractivity contribution < 1.29 is 28.5 Å². The van der Waals surface area contributed by atoms with E-state index in [0.29, 0.717) is 6.61 Å². The first kappa shape index (κ1) is 11.0. The first-order valence-electron chi connectivity index (χ1n) is 5.74. The van der Waals surface area contributed by atoms with Gasteiger partial charge in [0.15, 0.2) is 6.10 Å². The first-order valence-corrected chi connectivity index (χ1v) is 5.74. The molecule has 6 unspecified atom stereocenters. The molecule has 3 rings (SSSR count). The molecule has 6 atom stereocenters. The van der Waals surface area contributed by atoms with Gasteiger partial charge < -0.3 is 18.9 Å². The zero-order valence-corrected chi connectivity index (χ0v) is 9.62. The van der Waals surface area contributed by atoms with Crippen LogP contribution in [0.5, 0.6) is 0 Å². The maximum absolute atomic E-state index is 11.7. The van der Waals surface area contributed by atoms with Gasteiger partial charge in [-0.1, -0.05) is 0 Å². The second-order valence-electron chi connectivity index (χ2n) is 4.46. The van der Waals surface area contributed by atoms with E-state index in [1.165, 1.54) is 7.11 Å². The molecular weight excluding hydrogens is 228 g/mol. The molecule has 3 aliphatic rings. The molecule has 6 heteroatoms. The van der Waals surface area contributed by atoms with Crippen molar-refractivity contribution in [1.29, 1.82) is 0 Å². The molecule has 0 saturated carbocycles. The average molecular weight is 242 g/mol. The molecule has 0 aromatic carbocycles. The van der Waals surface area contributed by atoms with Crippen LogP contribution >= 0.6 is 0 Å². The minimum Gasteiger partial charge on any atom is -0.469 e. The van der Waals surface area contributed by atoms with Gasteiger partial charge in [-0.25, -0.2) is 0 Å². The molecule has 3 aliphatic heterocycles. The lowest BCUT2D eigenvalue weighted by atomic mass is 9.78. The van der Waals surface area contributed by atoms with Gasteiger partial charge in [0, 0.05) is 6.61 Å². The number of rotatable bonds is 3. The molecule has 0 aliphatic carbocycles. The molecule has 0 aromatic heterocycles. The Bertz CT molecular complexity index is 367. The molecule has 0 N–H and O–H groups in total. The lowest BCUT2D eigenvalue weighted by Crippen LogP contribution is -2.47. The number of fused-ring (bicyclic) bond motifs is 1. The highest BCUT2D eigenvalue weighted by atomic mass is 16.6. The zero-order valence-electron chi connectivity index (χ0n) is 9.62. The number of hydrogen-bond donors (Lipinski definition) is 0. The molecular formula is C11H14O6. The van der Waals surface area contributed by atoms with Crippen molar-refractivity contribution >= 4 is 11.9 Å². The molecule has 6 nitrogen and oxygen atoms in total. The Morgan fingerprint density at radius 3 is 2.76 bits per heavy atom. The summed E-state index contributed by atoms with van der Waals surface area (Å²) in [4.78, 5) is 23.4. The second kappa shape index (κ2) is 3.68. The Kier molecular flexibility index (Phi) is 2.38. The third-order valence-electron chi connectivity index (χ3n) is 3.74. The number of esters is 2. The van der Waals surface area contributed by atoms with Crippen LogP contribution in [0.2, 0.25) is 0 Å². The van der Waals surface area contributed by atoms with E-state index >= 15 is 0 Å². The van der Waals surface area contributed by atoms with E-state index in [9.17, 15) is 9.59 Å². The maximum atomic E-state index is 11.7. The fourth-order valence-corrected chi connectivity index (χ4v) is 3.12. The van der Waals surface area contributed by atoms with Crippen molar-refractivity contribution in [1.82, 2.24) is 0 Å². The molecule has 3 saturated heterocycles. The largest absolute Gasteiger partial charge is 0.469 e. The fourth-order valence-electron chi connectivity index (χ4n) is 3.12. The monoisotopic (exact) mass is 242 g/mol. The summed E-state index contributed by atoms with van der Waals surface area (Å²) in [7, 11) is 1.31. The van der Waals surface area contributed by atoms with Crippen molar-refractivity contribution in [2.45, 2.75) is 31.3 Å². The minimum absolute atomic E-state index is 0.350. The van der Waals surface area contributed by atoms with Crippen LogP contribution in [0.25, 0.3) is 0 Å². The Morgan fingerprint density at radius 2 is 2.12 bits per heavy atom.